The summed E-state index contributed by atoms with van der Waals surface area (Å²) >= 11 is 0. The molecule has 10 nitrogen and oxygen atoms in total. The number of ether oxygens (including phenoxy) is 1. The molecule has 0 aliphatic carbocycles. The van der Waals surface area contributed by atoms with Crippen LogP contribution >= 0.6 is 0 Å². The largest absolute Gasteiger partial charge is 0.462 e. The number of hydrogen-bond donors (Lipinski definition) is 1. The molecule has 2 aromatic rings. The van der Waals surface area contributed by atoms with Gasteiger partial charge in [-0.05, 0) is 26.0 Å². The molecule has 0 saturated carbocycles. The molecule has 168 valence electrons. The zero-order chi connectivity index (χ0) is 22.6. The standard InChI is InChI=1S/C20H27N5O5S/c1-4-30-20(27)17-13-21-23(3)19(17)22-18(26)14-24-9-11-25(12-10-24)31(28,29)16-7-5-15(2)6-8-16/h5-8,13H,4,9-12,14H2,1-3H3,(H,22,26). The molecule has 1 aromatic heterocycles. The second kappa shape index (κ2) is 9.58. The van der Waals surface area contributed by atoms with Gasteiger partial charge in [-0.2, -0.15) is 9.40 Å². The van der Waals surface area contributed by atoms with Crippen LogP contribution in [0.2, 0.25) is 0 Å². The van der Waals surface area contributed by atoms with E-state index < -0.39 is 16.0 Å². The number of piperazine rings is 1. The molecule has 1 fully saturated rings. The molecule has 0 unspecified atom stereocenters. The molecule has 0 spiro atoms. The van der Waals surface area contributed by atoms with E-state index in [9.17, 15) is 18.0 Å². The maximum atomic E-state index is 12.8. The van der Waals surface area contributed by atoms with Crippen LogP contribution in [-0.4, -0.2) is 78.6 Å². The number of esters is 1. The van der Waals surface area contributed by atoms with E-state index in [1.807, 2.05) is 11.8 Å². The number of amides is 1. The zero-order valence-electron chi connectivity index (χ0n) is 17.9. The number of nitrogens with one attached hydrogen (secondary N) is 1. The number of benzene rings is 1. The summed E-state index contributed by atoms with van der Waals surface area (Å²) in [6.45, 7) is 5.34. The molecule has 0 radical (unpaired) electrons. The Balaban J connectivity index is 1.57. The first-order chi connectivity index (χ1) is 14.7. The molecular formula is C20H27N5O5S. The number of aryl methyl sites for hydroxylation is 2. The number of rotatable bonds is 7. The van der Waals surface area contributed by atoms with Crippen LogP contribution in [0.3, 0.4) is 0 Å². The van der Waals surface area contributed by atoms with Crippen molar-refractivity contribution >= 4 is 27.7 Å². The summed E-state index contributed by atoms with van der Waals surface area (Å²) in [6.07, 6.45) is 1.35. The van der Waals surface area contributed by atoms with Crippen molar-refractivity contribution in [2.75, 3.05) is 44.6 Å². The van der Waals surface area contributed by atoms with Crippen LogP contribution in [0.5, 0.6) is 0 Å². The van der Waals surface area contributed by atoms with Crippen molar-refractivity contribution in [3.63, 3.8) is 0 Å². The second-order valence-electron chi connectivity index (χ2n) is 7.29. The minimum Gasteiger partial charge on any atom is -0.462 e. The number of nitrogens with zero attached hydrogens (tertiary/aromatic N) is 4. The Bertz CT molecular complexity index is 1040. The highest BCUT2D eigenvalue weighted by Gasteiger charge is 2.29. The molecular weight excluding hydrogens is 422 g/mol. The summed E-state index contributed by atoms with van der Waals surface area (Å²) in [5.41, 5.74) is 1.18. The average Bonchev–Trinajstić information content (AvgIpc) is 3.09. The molecule has 2 heterocycles. The lowest BCUT2D eigenvalue weighted by Gasteiger charge is -2.33. The molecule has 1 N–H and O–H groups in total. The minimum atomic E-state index is -3.55. The lowest BCUT2D eigenvalue weighted by molar-refractivity contribution is -0.117. The van der Waals surface area contributed by atoms with E-state index in [0.29, 0.717) is 26.2 Å². The highest BCUT2D eigenvalue weighted by atomic mass is 32.2. The van der Waals surface area contributed by atoms with E-state index in [4.69, 9.17) is 4.74 Å². The van der Waals surface area contributed by atoms with Gasteiger partial charge in [-0.1, -0.05) is 17.7 Å². The number of anilines is 1. The molecule has 31 heavy (non-hydrogen) atoms. The fourth-order valence-corrected chi connectivity index (χ4v) is 4.73. The highest BCUT2D eigenvalue weighted by Crippen LogP contribution is 2.19. The summed E-state index contributed by atoms with van der Waals surface area (Å²) in [7, 11) is -1.94. The van der Waals surface area contributed by atoms with Gasteiger partial charge in [0.2, 0.25) is 15.9 Å². The predicted molar refractivity (Wildman–Crippen MR) is 114 cm³/mol. The maximum Gasteiger partial charge on any atom is 0.343 e. The van der Waals surface area contributed by atoms with Crippen molar-refractivity contribution in [2.45, 2.75) is 18.7 Å². The lowest BCUT2D eigenvalue weighted by Crippen LogP contribution is -2.50. The predicted octanol–water partition coefficient (Wildman–Crippen LogP) is 0.850. The van der Waals surface area contributed by atoms with Gasteiger partial charge in [-0.3, -0.25) is 14.4 Å². The van der Waals surface area contributed by atoms with E-state index in [0.717, 1.165) is 5.56 Å². The first kappa shape index (κ1) is 22.9. The molecule has 0 atom stereocenters. The minimum absolute atomic E-state index is 0.0753. The number of carbonyl (C=O) groups is 2. The van der Waals surface area contributed by atoms with Crippen LogP contribution < -0.4 is 5.32 Å². The quantitative estimate of drug-likeness (QED) is 0.624. The maximum absolute atomic E-state index is 12.8. The van der Waals surface area contributed by atoms with Gasteiger partial charge in [0.05, 0.1) is 24.2 Å². The Kier molecular flexibility index (Phi) is 7.08. The molecule has 1 aromatic carbocycles. The molecule has 1 aliphatic heterocycles. The third-order valence-electron chi connectivity index (χ3n) is 5.05. The monoisotopic (exact) mass is 449 g/mol. The zero-order valence-corrected chi connectivity index (χ0v) is 18.7. The normalized spacial score (nSPS) is 15.6. The Hall–Kier alpha value is -2.76. The smallest absolute Gasteiger partial charge is 0.343 e. The summed E-state index contributed by atoms with van der Waals surface area (Å²) < 4.78 is 33.4. The molecule has 0 bridgehead atoms. The average molecular weight is 450 g/mol. The highest BCUT2D eigenvalue weighted by molar-refractivity contribution is 7.89. The summed E-state index contributed by atoms with van der Waals surface area (Å²) in [5.74, 6) is -0.603. The third kappa shape index (κ3) is 5.30. The van der Waals surface area contributed by atoms with Gasteiger partial charge in [-0.15, -0.1) is 0 Å². The van der Waals surface area contributed by atoms with Crippen molar-refractivity contribution in [2.24, 2.45) is 7.05 Å². The Morgan fingerprint density at radius 2 is 1.77 bits per heavy atom. The number of carbonyl (C=O) groups excluding carboxylic acids is 2. The van der Waals surface area contributed by atoms with Crippen molar-refractivity contribution < 1.29 is 22.7 Å². The van der Waals surface area contributed by atoms with Crippen LogP contribution in [0, 0.1) is 6.92 Å². The Morgan fingerprint density at radius 1 is 1.13 bits per heavy atom. The SMILES string of the molecule is CCOC(=O)c1cnn(C)c1NC(=O)CN1CCN(S(=O)(=O)c2ccc(C)cc2)CC1. The first-order valence-corrected chi connectivity index (χ1v) is 11.4. The van der Waals surface area contributed by atoms with Gasteiger partial charge in [0.1, 0.15) is 11.4 Å². The molecule has 1 amide bonds. The van der Waals surface area contributed by atoms with E-state index in [2.05, 4.69) is 10.4 Å². The second-order valence-corrected chi connectivity index (χ2v) is 9.23. The van der Waals surface area contributed by atoms with Gasteiger partial charge in [0.25, 0.3) is 0 Å². The van der Waals surface area contributed by atoms with Crippen LogP contribution in [-0.2, 0) is 26.6 Å². The van der Waals surface area contributed by atoms with Gasteiger partial charge >= 0.3 is 5.97 Å². The molecule has 1 saturated heterocycles. The fraction of sp³-hybridized carbons (Fsp3) is 0.450. The van der Waals surface area contributed by atoms with Crippen molar-refractivity contribution in [3.8, 4) is 0 Å². The van der Waals surface area contributed by atoms with Crippen LogP contribution in [0.4, 0.5) is 5.82 Å². The lowest BCUT2D eigenvalue weighted by atomic mass is 10.2. The molecule has 1 aliphatic rings. The van der Waals surface area contributed by atoms with Crippen molar-refractivity contribution in [1.82, 2.24) is 19.0 Å². The number of aromatic nitrogens is 2. The summed E-state index contributed by atoms with van der Waals surface area (Å²) in [5, 5.41) is 6.71. The topological polar surface area (TPSA) is 114 Å². The van der Waals surface area contributed by atoms with Crippen LogP contribution in [0.25, 0.3) is 0 Å². The van der Waals surface area contributed by atoms with Gasteiger partial charge < -0.3 is 10.1 Å². The summed E-state index contributed by atoms with van der Waals surface area (Å²) in [6, 6.07) is 6.77. The third-order valence-corrected chi connectivity index (χ3v) is 6.96. The van der Waals surface area contributed by atoms with E-state index in [-0.39, 0.29) is 35.3 Å². The van der Waals surface area contributed by atoms with Crippen molar-refractivity contribution in [3.05, 3.63) is 41.6 Å². The van der Waals surface area contributed by atoms with Crippen LogP contribution in [0.1, 0.15) is 22.8 Å². The number of sulfonamides is 1. The van der Waals surface area contributed by atoms with E-state index >= 15 is 0 Å². The van der Waals surface area contributed by atoms with Gasteiger partial charge in [-0.25, -0.2) is 13.2 Å². The number of hydrogen-bond acceptors (Lipinski definition) is 7. The summed E-state index contributed by atoms with van der Waals surface area (Å²) in [4.78, 5) is 26.7. The molecule has 3 rings (SSSR count). The van der Waals surface area contributed by atoms with Crippen LogP contribution in [0.15, 0.2) is 35.4 Å². The Morgan fingerprint density at radius 3 is 2.39 bits per heavy atom. The van der Waals surface area contributed by atoms with Gasteiger partial charge in [0.15, 0.2) is 0 Å². The Labute approximate surface area is 181 Å². The van der Waals surface area contributed by atoms with E-state index in [1.165, 1.54) is 15.2 Å². The first-order valence-electron chi connectivity index (χ1n) is 10.0. The molecule has 11 heteroatoms. The van der Waals surface area contributed by atoms with Gasteiger partial charge in [0, 0.05) is 33.2 Å². The fourth-order valence-electron chi connectivity index (χ4n) is 3.31. The van der Waals surface area contributed by atoms with E-state index in [1.54, 1.807) is 38.2 Å². The van der Waals surface area contributed by atoms with Crippen molar-refractivity contribution in [1.29, 1.82) is 0 Å².